The van der Waals surface area contributed by atoms with Crippen LogP contribution in [0.4, 0.5) is 25.2 Å². The second-order valence-corrected chi connectivity index (χ2v) is 6.61. The SMILES string of the molecule is Cc1cc(OC(F)F)nc(N(C(N)=O)S(=O)(=O)c2ccccc2[N+](=O)[O-])n1. The molecule has 144 valence electrons. The number of nitro groups is 1. The number of nitrogens with zero attached hydrogens (tertiary/aromatic N) is 4. The molecule has 0 aliphatic carbocycles. The lowest BCUT2D eigenvalue weighted by molar-refractivity contribution is -0.387. The first kappa shape index (κ1) is 19.9. The molecule has 2 aromatic rings. The number of hydrogen-bond donors (Lipinski definition) is 1. The van der Waals surface area contributed by atoms with E-state index in [-0.39, 0.29) is 10.00 Å². The number of aryl methyl sites for hydroxylation is 1. The Morgan fingerprint density at radius 3 is 2.52 bits per heavy atom. The average molecular weight is 403 g/mol. The van der Waals surface area contributed by atoms with E-state index in [9.17, 15) is 32.1 Å². The quantitative estimate of drug-likeness (QED) is 0.562. The summed E-state index contributed by atoms with van der Waals surface area (Å²) in [6, 6.07) is 3.52. The van der Waals surface area contributed by atoms with Gasteiger partial charge in [-0.2, -0.15) is 13.8 Å². The standard InChI is InChI=1S/C13H11F2N5O6S/c1-7-6-10(26-11(14)15)18-13(17-7)19(12(16)21)27(24,25)9-5-3-2-4-8(9)20(22)23/h2-6,11H,1H3,(H2,16,21). The van der Waals surface area contributed by atoms with E-state index in [1.54, 1.807) is 0 Å². The van der Waals surface area contributed by atoms with Crippen molar-refractivity contribution in [3.63, 3.8) is 0 Å². The van der Waals surface area contributed by atoms with Gasteiger partial charge in [-0.15, -0.1) is 4.31 Å². The molecule has 0 aliphatic heterocycles. The fourth-order valence-electron chi connectivity index (χ4n) is 2.02. The van der Waals surface area contributed by atoms with Gasteiger partial charge in [-0.25, -0.2) is 18.2 Å². The number of anilines is 1. The van der Waals surface area contributed by atoms with Crippen LogP contribution < -0.4 is 14.8 Å². The molecule has 0 spiro atoms. The zero-order valence-corrected chi connectivity index (χ0v) is 14.3. The molecule has 1 heterocycles. The molecular formula is C13H11F2N5O6S. The van der Waals surface area contributed by atoms with Crippen LogP contribution in [0.3, 0.4) is 0 Å². The molecule has 1 aromatic heterocycles. The van der Waals surface area contributed by atoms with E-state index >= 15 is 0 Å². The summed E-state index contributed by atoms with van der Waals surface area (Å²) in [5.41, 5.74) is 4.23. The first-order valence-corrected chi connectivity index (χ1v) is 8.36. The van der Waals surface area contributed by atoms with Crippen molar-refractivity contribution < 1.29 is 31.7 Å². The van der Waals surface area contributed by atoms with Gasteiger partial charge in [0.15, 0.2) is 4.90 Å². The van der Waals surface area contributed by atoms with Crippen LogP contribution in [0, 0.1) is 17.0 Å². The highest BCUT2D eigenvalue weighted by Gasteiger charge is 2.37. The van der Waals surface area contributed by atoms with E-state index in [0.29, 0.717) is 0 Å². The van der Waals surface area contributed by atoms with Crippen LogP contribution >= 0.6 is 0 Å². The molecular weight excluding hydrogens is 392 g/mol. The molecule has 0 atom stereocenters. The number of amides is 2. The number of nitro benzene ring substituents is 1. The fourth-order valence-corrected chi connectivity index (χ4v) is 3.40. The molecule has 0 unspecified atom stereocenters. The summed E-state index contributed by atoms with van der Waals surface area (Å²) in [5, 5.41) is 11.1. The Morgan fingerprint density at radius 2 is 1.96 bits per heavy atom. The van der Waals surface area contributed by atoms with Crippen LogP contribution in [0.5, 0.6) is 5.88 Å². The number of carbonyl (C=O) groups excluding carboxylic acids is 1. The van der Waals surface area contributed by atoms with Gasteiger partial charge < -0.3 is 10.5 Å². The molecule has 2 N–H and O–H groups in total. The van der Waals surface area contributed by atoms with Gasteiger partial charge in [0.2, 0.25) is 5.88 Å². The Morgan fingerprint density at radius 1 is 1.33 bits per heavy atom. The molecule has 0 bridgehead atoms. The predicted octanol–water partition coefficient (Wildman–Crippen LogP) is 1.57. The van der Waals surface area contributed by atoms with Gasteiger partial charge in [-0.1, -0.05) is 12.1 Å². The Bertz CT molecular complexity index is 1000. The lowest BCUT2D eigenvalue weighted by Crippen LogP contribution is -2.42. The Kier molecular flexibility index (Phi) is 5.49. The molecule has 2 amide bonds. The molecule has 1 aromatic carbocycles. The maximum absolute atomic E-state index is 12.8. The summed E-state index contributed by atoms with van der Waals surface area (Å²) in [4.78, 5) is 28.1. The highest BCUT2D eigenvalue weighted by molar-refractivity contribution is 7.93. The Balaban J connectivity index is 2.67. The minimum absolute atomic E-state index is 0.0281. The highest BCUT2D eigenvalue weighted by Crippen LogP contribution is 2.29. The first-order valence-electron chi connectivity index (χ1n) is 6.92. The normalized spacial score (nSPS) is 11.3. The molecule has 27 heavy (non-hydrogen) atoms. The number of urea groups is 1. The minimum atomic E-state index is -4.94. The average Bonchev–Trinajstić information content (AvgIpc) is 2.53. The van der Waals surface area contributed by atoms with Crippen molar-refractivity contribution in [1.29, 1.82) is 0 Å². The monoisotopic (exact) mass is 403 g/mol. The number of hydrogen-bond acceptors (Lipinski definition) is 8. The van der Waals surface area contributed by atoms with Crippen LogP contribution in [0.25, 0.3) is 0 Å². The van der Waals surface area contributed by atoms with Gasteiger partial charge in [0.25, 0.3) is 21.7 Å². The Hall–Kier alpha value is -3.42. The maximum atomic E-state index is 12.8. The molecule has 0 aliphatic rings. The van der Waals surface area contributed by atoms with Crippen molar-refractivity contribution in [3.05, 3.63) is 46.1 Å². The van der Waals surface area contributed by atoms with Crippen LogP contribution in [-0.2, 0) is 10.0 Å². The van der Waals surface area contributed by atoms with Crippen molar-refractivity contribution in [2.75, 3.05) is 4.31 Å². The largest absolute Gasteiger partial charge is 0.417 e. The third kappa shape index (κ3) is 4.22. The summed E-state index contributed by atoms with van der Waals surface area (Å²) in [6.07, 6.45) is 0. The summed E-state index contributed by atoms with van der Waals surface area (Å²) < 4.78 is 54.3. The highest BCUT2D eigenvalue weighted by atomic mass is 32.2. The number of primary amides is 1. The first-order chi connectivity index (χ1) is 12.5. The maximum Gasteiger partial charge on any atom is 0.388 e. The lowest BCUT2D eigenvalue weighted by atomic mass is 10.3. The van der Waals surface area contributed by atoms with E-state index in [4.69, 9.17) is 5.73 Å². The van der Waals surface area contributed by atoms with Crippen LogP contribution in [-0.4, -0.2) is 36.0 Å². The van der Waals surface area contributed by atoms with E-state index in [0.717, 1.165) is 18.2 Å². The number of alkyl halides is 2. The van der Waals surface area contributed by atoms with E-state index in [1.165, 1.54) is 19.1 Å². The van der Waals surface area contributed by atoms with Crippen LogP contribution in [0.1, 0.15) is 5.69 Å². The summed E-state index contributed by atoms with van der Waals surface area (Å²) >= 11 is 0. The number of benzene rings is 1. The molecule has 2 rings (SSSR count). The third-order valence-electron chi connectivity index (χ3n) is 2.99. The summed E-state index contributed by atoms with van der Waals surface area (Å²) in [5.74, 6) is -1.63. The summed E-state index contributed by atoms with van der Waals surface area (Å²) in [6.45, 7) is -1.98. The van der Waals surface area contributed by atoms with Crippen molar-refractivity contribution >= 4 is 27.7 Å². The van der Waals surface area contributed by atoms with Crippen molar-refractivity contribution in [2.24, 2.45) is 5.73 Å². The number of ether oxygens (including phenoxy) is 1. The van der Waals surface area contributed by atoms with Crippen molar-refractivity contribution in [2.45, 2.75) is 18.4 Å². The molecule has 11 nitrogen and oxygen atoms in total. The number of aromatic nitrogens is 2. The molecule has 0 radical (unpaired) electrons. The number of para-hydroxylation sites is 1. The summed E-state index contributed by atoms with van der Waals surface area (Å²) in [7, 11) is -4.94. The second kappa shape index (κ2) is 7.45. The van der Waals surface area contributed by atoms with Crippen molar-refractivity contribution in [1.82, 2.24) is 9.97 Å². The smallest absolute Gasteiger partial charge is 0.388 e. The Labute approximate surface area is 150 Å². The molecule has 14 heteroatoms. The zero-order chi connectivity index (χ0) is 20.4. The second-order valence-electron chi connectivity index (χ2n) is 4.86. The van der Waals surface area contributed by atoms with Crippen LogP contribution in [0.2, 0.25) is 0 Å². The lowest BCUT2D eigenvalue weighted by Gasteiger charge is -2.19. The van der Waals surface area contributed by atoms with Gasteiger partial charge in [0, 0.05) is 17.8 Å². The van der Waals surface area contributed by atoms with E-state index in [2.05, 4.69) is 14.7 Å². The minimum Gasteiger partial charge on any atom is -0.417 e. The van der Waals surface area contributed by atoms with E-state index < -0.39 is 50.0 Å². The zero-order valence-electron chi connectivity index (χ0n) is 13.4. The van der Waals surface area contributed by atoms with Gasteiger partial charge in [-0.05, 0) is 13.0 Å². The topological polar surface area (TPSA) is 159 Å². The number of rotatable bonds is 6. The van der Waals surface area contributed by atoms with Gasteiger partial charge in [-0.3, -0.25) is 10.1 Å². The number of carbonyl (C=O) groups is 1. The molecule has 0 fully saturated rings. The molecule has 0 saturated carbocycles. The van der Waals surface area contributed by atoms with E-state index in [1.807, 2.05) is 0 Å². The van der Waals surface area contributed by atoms with Gasteiger partial charge in [0.05, 0.1) is 4.92 Å². The van der Waals surface area contributed by atoms with Crippen LogP contribution in [0.15, 0.2) is 35.2 Å². The van der Waals surface area contributed by atoms with Gasteiger partial charge >= 0.3 is 12.6 Å². The number of halogens is 2. The number of nitrogens with two attached hydrogens (primary N) is 1. The third-order valence-corrected chi connectivity index (χ3v) is 4.72. The predicted molar refractivity (Wildman–Crippen MR) is 85.7 cm³/mol. The number of sulfonamides is 1. The molecule has 0 saturated heterocycles. The van der Waals surface area contributed by atoms with Gasteiger partial charge in [0.1, 0.15) is 0 Å². The fraction of sp³-hybridized carbons (Fsp3) is 0.154. The van der Waals surface area contributed by atoms with Crippen molar-refractivity contribution in [3.8, 4) is 5.88 Å².